The van der Waals surface area contributed by atoms with Gasteiger partial charge < -0.3 is 15.0 Å². The number of pyridine rings is 1. The second-order valence-electron chi connectivity index (χ2n) is 5.78. The molecule has 1 amide bonds. The molecule has 2 aromatic rings. The van der Waals surface area contributed by atoms with Crippen molar-refractivity contribution in [3.63, 3.8) is 0 Å². The van der Waals surface area contributed by atoms with E-state index in [4.69, 9.17) is 9.94 Å². The van der Waals surface area contributed by atoms with Crippen LogP contribution in [0.25, 0.3) is 0 Å². The molecule has 0 saturated heterocycles. The number of para-hydroxylation sites is 1. The number of amides is 1. The molecule has 9 heteroatoms. The number of halogens is 2. The van der Waals surface area contributed by atoms with Crippen LogP contribution in [-0.2, 0) is 18.3 Å². The van der Waals surface area contributed by atoms with E-state index < -0.39 is 17.9 Å². The summed E-state index contributed by atoms with van der Waals surface area (Å²) in [5.41, 5.74) is 0.953. The van der Waals surface area contributed by atoms with E-state index in [1.54, 1.807) is 25.2 Å². The van der Waals surface area contributed by atoms with E-state index in [0.29, 0.717) is 14.7 Å². The number of carbonyl (C=O) groups excluding carboxylic acids is 1. The lowest BCUT2D eigenvalue weighted by Gasteiger charge is -2.36. The number of aryl methyl sites for hydroxylation is 1. The Kier molecular flexibility index (Phi) is 5.58. The van der Waals surface area contributed by atoms with Crippen molar-refractivity contribution in [1.82, 2.24) is 9.63 Å². The highest BCUT2D eigenvalue weighted by molar-refractivity contribution is 14.1. The highest BCUT2D eigenvalue weighted by Gasteiger charge is 2.36. The average Bonchev–Trinajstić information content (AvgIpc) is 2.62. The van der Waals surface area contributed by atoms with Crippen LogP contribution in [0.3, 0.4) is 0 Å². The fraction of sp³-hybridized carbons (Fsp3) is 0.294. The number of hydrogen-bond donors (Lipinski definition) is 2. The molecule has 0 fully saturated rings. The number of aliphatic hydroxyl groups excluding tert-OH is 1. The Morgan fingerprint density at radius 2 is 2.12 bits per heavy atom. The zero-order chi connectivity index (χ0) is 18.8. The molecule has 2 heterocycles. The quantitative estimate of drug-likeness (QED) is 0.644. The second kappa shape index (κ2) is 7.72. The van der Waals surface area contributed by atoms with Crippen LogP contribution in [0.4, 0.5) is 10.1 Å². The van der Waals surface area contributed by atoms with Gasteiger partial charge in [0.2, 0.25) is 0 Å². The van der Waals surface area contributed by atoms with Gasteiger partial charge in [0.25, 0.3) is 11.5 Å². The molecule has 0 saturated carbocycles. The number of anilines is 1. The topological polar surface area (TPSA) is 83.8 Å². The number of benzene rings is 1. The lowest BCUT2D eigenvalue weighted by Crippen LogP contribution is -2.51. The maximum atomic E-state index is 14.0. The van der Waals surface area contributed by atoms with Crippen LogP contribution in [0.5, 0.6) is 0 Å². The van der Waals surface area contributed by atoms with Crippen molar-refractivity contribution in [2.45, 2.75) is 12.6 Å². The van der Waals surface area contributed by atoms with E-state index in [-0.39, 0.29) is 30.9 Å². The van der Waals surface area contributed by atoms with Crippen LogP contribution in [0, 0.1) is 9.39 Å². The van der Waals surface area contributed by atoms with Crippen molar-refractivity contribution in [3.05, 3.63) is 61.3 Å². The number of rotatable bonds is 5. The highest BCUT2D eigenvalue weighted by Crippen LogP contribution is 2.27. The normalized spacial score (nSPS) is 16.5. The molecule has 0 aliphatic carbocycles. The number of fused-ring (bicyclic) bond motifs is 1. The standard InChI is InChI=1S/C17H17FIN3O4/c1-21-9-11-10(15(19)17(21)25)8-14(22(16(11)24)26-7-6-23)20-13-5-3-2-4-12(13)18/h2-5,9,14,20,23H,6-8H2,1H3. The second-order valence-corrected chi connectivity index (χ2v) is 6.86. The van der Waals surface area contributed by atoms with Gasteiger partial charge in [-0.1, -0.05) is 12.1 Å². The highest BCUT2D eigenvalue weighted by atomic mass is 127. The predicted molar refractivity (Wildman–Crippen MR) is 101 cm³/mol. The van der Waals surface area contributed by atoms with Gasteiger partial charge in [-0.15, -0.1) is 0 Å². The number of aromatic nitrogens is 1. The van der Waals surface area contributed by atoms with Crippen molar-refractivity contribution >= 4 is 34.2 Å². The Balaban J connectivity index is 2.02. The van der Waals surface area contributed by atoms with Crippen molar-refractivity contribution in [1.29, 1.82) is 0 Å². The van der Waals surface area contributed by atoms with Gasteiger partial charge in [0.1, 0.15) is 12.0 Å². The summed E-state index contributed by atoms with van der Waals surface area (Å²) in [6, 6.07) is 6.09. The summed E-state index contributed by atoms with van der Waals surface area (Å²) in [7, 11) is 1.57. The Bertz CT molecular complexity index is 902. The summed E-state index contributed by atoms with van der Waals surface area (Å²) in [5.74, 6) is -0.923. The van der Waals surface area contributed by atoms with Crippen LogP contribution in [0.2, 0.25) is 0 Å². The molecular weight excluding hydrogens is 456 g/mol. The third kappa shape index (κ3) is 3.46. The van der Waals surface area contributed by atoms with E-state index in [9.17, 15) is 14.0 Å². The summed E-state index contributed by atoms with van der Waals surface area (Å²) >= 11 is 1.92. The summed E-state index contributed by atoms with van der Waals surface area (Å²) in [6.07, 6.45) is 1.01. The molecule has 3 rings (SSSR count). The molecule has 26 heavy (non-hydrogen) atoms. The van der Waals surface area contributed by atoms with E-state index in [0.717, 1.165) is 5.06 Å². The molecule has 1 aromatic carbocycles. The molecule has 138 valence electrons. The lowest BCUT2D eigenvalue weighted by molar-refractivity contribution is -0.152. The number of carbonyl (C=O) groups is 1. The van der Waals surface area contributed by atoms with Crippen LogP contribution in [0.15, 0.2) is 35.3 Å². The Hall–Kier alpha value is -1.98. The largest absolute Gasteiger partial charge is 0.394 e. The van der Waals surface area contributed by atoms with Gasteiger partial charge in [-0.05, 0) is 40.3 Å². The van der Waals surface area contributed by atoms with Crippen LogP contribution in [-0.4, -0.2) is 40.0 Å². The van der Waals surface area contributed by atoms with E-state index in [1.807, 2.05) is 22.6 Å². The molecule has 1 aromatic heterocycles. The molecule has 0 radical (unpaired) electrons. The first-order valence-electron chi connectivity index (χ1n) is 7.90. The van der Waals surface area contributed by atoms with Crippen LogP contribution < -0.4 is 10.9 Å². The minimum atomic E-state index is -0.723. The van der Waals surface area contributed by atoms with Crippen LogP contribution in [0.1, 0.15) is 15.9 Å². The lowest BCUT2D eigenvalue weighted by atomic mass is 10.00. The summed E-state index contributed by atoms with van der Waals surface area (Å²) in [4.78, 5) is 30.5. The third-order valence-corrected chi connectivity index (χ3v) is 5.16. The number of nitrogens with zero attached hydrogens (tertiary/aromatic N) is 2. The van der Waals surface area contributed by atoms with Crippen molar-refractivity contribution in [3.8, 4) is 0 Å². The first-order valence-corrected chi connectivity index (χ1v) is 8.98. The first-order chi connectivity index (χ1) is 12.4. The maximum absolute atomic E-state index is 14.0. The summed E-state index contributed by atoms with van der Waals surface area (Å²) in [6.45, 7) is -0.354. The maximum Gasteiger partial charge on any atom is 0.281 e. The molecule has 1 aliphatic heterocycles. The van der Waals surface area contributed by atoms with Gasteiger partial charge in [-0.3, -0.25) is 14.4 Å². The molecule has 1 atom stereocenters. The fourth-order valence-corrected chi connectivity index (χ4v) is 3.70. The van der Waals surface area contributed by atoms with E-state index in [1.165, 1.54) is 16.8 Å². The zero-order valence-electron chi connectivity index (χ0n) is 13.9. The van der Waals surface area contributed by atoms with E-state index in [2.05, 4.69) is 5.32 Å². The Labute approximate surface area is 162 Å². The van der Waals surface area contributed by atoms with Gasteiger partial charge in [0.05, 0.1) is 28.0 Å². The minimum Gasteiger partial charge on any atom is -0.394 e. The van der Waals surface area contributed by atoms with Crippen LogP contribution >= 0.6 is 22.6 Å². The fourth-order valence-electron chi connectivity index (χ4n) is 2.81. The third-order valence-electron chi connectivity index (χ3n) is 4.05. The SMILES string of the molecule is Cn1cc2c(c(I)c1=O)CC(Nc1ccccc1F)N(OCCO)C2=O. The minimum absolute atomic E-state index is 0.0839. The van der Waals surface area contributed by atoms with Gasteiger partial charge in [-0.25, -0.2) is 4.39 Å². The Morgan fingerprint density at radius 3 is 2.81 bits per heavy atom. The molecule has 1 aliphatic rings. The summed E-state index contributed by atoms with van der Waals surface area (Å²) in [5, 5.41) is 13.1. The molecule has 0 bridgehead atoms. The van der Waals surface area contributed by atoms with E-state index >= 15 is 0 Å². The number of hydrogen-bond acceptors (Lipinski definition) is 5. The number of hydroxylamine groups is 2. The molecule has 1 unspecified atom stereocenters. The molecule has 2 N–H and O–H groups in total. The van der Waals surface area contributed by atoms with Gasteiger partial charge in [-0.2, -0.15) is 5.06 Å². The first kappa shape index (κ1) is 18.8. The Morgan fingerprint density at radius 1 is 1.38 bits per heavy atom. The van der Waals surface area contributed by atoms with Crippen molar-refractivity contribution in [2.75, 3.05) is 18.5 Å². The van der Waals surface area contributed by atoms with Gasteiger partial charge in [0, 0.05) is 19.7 Å². The number of nitrogens with one attached hydrogen (secondary N) is 1. The monoisotopic (exact) mass is 473 g/mol. The van der Waals surface area contributed by atoms with Crippen molar-refractivity contribution in [2.24, 2.45) is 7.05 Å². The summed E-state index contributed by atoms with van der Waals surface area (Å²) < 4.78 is 15.8. The van der Waals surface area contributed by atoms with Gasteiger partial charge in [0.15, 0.2) is 0 Å². The zero-order valence-corrected chi connectivity index (χ0v) is 16.1. The predicted octanol–water partition coefficient (Wildman–Crippen LogP) is 1.49. The number of aliphatic hydroxyl groups is 1. The molecule has 7 nitrogen and oxygen atoms in total. The molecule has 0 spiro atoms. The van der Waals surface area contributed by atoms with Gasteiger partial charge >= 0.3 is 0 Å². The smallest absolute Gasteiger partial charge is 0.281 e. The molecular formula is C17H17FIN3O4. The average molecular weight is 473 g/mol. The van der Waals surface area contributed by atoms with Crippen molar-refractivity contribution < 1.29 is 19.1 Å².